The molecule has 0 aliphatic carbocycles. The molecular formula is C23H42N4O. The summed E-state index contributed by atoms with van der Waals surface area (Å²) in [5.74, 6) is 0. The number of hydrogen-bond donors (Lipinski definition) is 2. The highest BCUT2D eigenvalue weighted by molar-refractivity contribution is 5.23. The van der Waals surface area contributed by atoms with E-state index in [2.05, 4.69) is 72.4 Å². The second kappa shape index (κ2) is 13.3. The number of nitrogens with one attached hydrogen (secondary N) is 2. The van der Waals surface area contributed by atoms with Crippen molar-refractivity contribution in [2.45, 2.75) is 52.7 Å². The molecule has 1 aliphatic rings. The summed E-state index contributed by atoms with van der Waals surface area (Å²) in [7, 11) is 0. The summed E-state index contributed by atoms with van der Waals surface area (Å²) >= 11 is 0. The highest BCUT2D eigenvalue weighted by atomic mass is 16.5. The Morgan fingerprint density at radius 3 is 2.21 bits per heavy atom. The van der Waals surface area contributed by atoms with E-state index in [9.17, 15) is 0 Å². The van der Waals surface area contributed by atoms with Gasteiger partial charge in [-0.15, -0.1) is 0 Å². The molecule has 0 atom stereocenters. The summed E-state index contributed by atoms with van der Waals surface area (Å²) in [6.07, 6.45) is 0.992. The quantitative estimate of drug-likeness (QED) is 0.506. The van der Waals surface area contributed by atoms with Crippen LogP contribution in [0.5, 0.6) is 0 Å². The Morgan fingerprint density at radius 2 is 1.50 bits per heavy atom. The van der Waals surface area contributed by atoms with Crippen LogP contribution >= 0.6 is 0 Å². The van der Waals surface area contributed by atoms with Gasteiger partial charge in [-0.2, -0.15) is 0 Å². The summed E-state index contributed by atoms with van der Waals surface area (Å²) in [6, 6.07) is 10.1. The van der Waals surface area contributed by atoms with Gasteiger partial charge in [0, 0.05) is 64.4 Å². The van der Waals surface area contributed by atoms with Crippen LogP contribution in [0.2, 0.25) is 0 Å². The third-order valence-electron chi connectivity index (χ3n) is 5.18. The average molecular weight is 391 g/mol. The molecule has 2 rings (SSSR count). The third kappa shape index (κ3) is 9.99. The molecule has 28 heavy (non-hydrogen) atoms. The summed E-state index contributed by atoms with van der Waals surface area (Å²) in [4.78, 5) is 5.16. The van der Waals surface area contributed by atoms with Gasteiger partial charge in [-0.1, -0.05) is 52.0 Å². The highest BCUT2D eigenvalue weighted by Gasteiger charge is 2.16. The van der Waals surface area contributed by atoms with Crippen LogP contribution in [0, 0.1) is 0 Å². The van der Waals surface area contributed by atoms with Crippen molar-refractivity contribution in [3.05, 3.63) is 35.4 Å². The van der Waals surface area contributed by atoms with Crippen LogP contribution in [0.1, 0.15) is 38.8 Å². The molecule has 2 N–H and O–H groups in total. The number of piperazine rings is 1. The standard InChI is InChI=1S/C23H42N4O/c1-20(2)24-9-11-26-12-14-27(15-13-26)19-23-7-5-6-22(18-23)8-16-28-17-10-25-21(3)4/h5-7,18,20-21,24-25H,8-17,19H2,1-4H3. The molecule has 1 saturated heterocycles. The minimum Gasteiger partial charge on any atom is -0.380 e. The van der Waals surface area contributed by atoms with E-state index in [-0.39, 0.29) is 0 Å². The normalized spacial score (nSPS) is 16.4. The van der Waals surface area contributed by atoms with Crippen molar-refractivity contribution in [2.75, 3.05) is 59.0 Å². The zero-order valence-electron chi connectivity index (χ0n) is 18.5. The van der Waals surface area contributed by atoms with Gasteiger partial charge in [0.1, 0.15) is 0 Å². The van der Waals surface area contributed by atoms with Gasteiger partial charge in [-0.25, -0.2) is 0 Å². The van der Waals surface area contributed by atoms with Crippen molar-refractivity contribution in [1.29, 1.82) is 0 Å². The number of hydrogen-bond acceptors (Lipinski definition) is 5. The molecule has 1 aromatic rings. The molecule has 0 saturated carbocycles. The SMILES string of the molecule is CC(C)NCCOCCc1cccc(CN2CCN(CCNC(C)C)CC2)c1. The zero-order chi connectivity index (χ0) is 20.2. The number of benzene rings is 1. The van der Waals surface area contributed by atoms with Crippen molar-refractivity contribution < 1.29 is 4.74 Å². The third-order valence-corrected chi connectivity index (χ3v) is 5.18. The molecule has 0 bridgehead atoms. The van der Waals surface area contributed by atoms with E-state index in [4.69, 9.17) is 4.74 Å². The van der Waals surface area contributed by atoms with Gasteiger partial charge in [0.05, 0.1) is 13.2 Å². The maximum atomic E-state index is 5.75. The van der Waals surface area contributed by atoms with Crippen LogP contribution in [0.25, 0.3) is 0 Å². The van der Waals surface area contributed by atoms with Crippen molar-refractivity contribution >= 4 is 0 Å². The molecule has 0 unspecified atom stereocenters. The first-order valence-corrected chi connectivity index (χ1v) is 11.1. The molecule has 5 nitrogen and oxygen atoms in total. The van der Waals surface area contributed by atoms with E-state index in [1.54, 1.807) is 0 Å². The molecule has 0 radical (unpaired) electrons. The first-order chi connectivity index (χ1) is 13.5. The summed E-state index contributed by atoms with van der Waals surface area (Å²) in [5, 5.41) is 6.89. The minimum absolute atomic E-state index is 0.527. The highest BCUT2D eigenvalue weighted by Crippen LogP contribution is 2.11. The summed E-state index contributed by atoms with van der Waals surface area (Å²) in [5.41, 5.74) is 2.81. The second-order valence-corrected chi connectivity index (χ2v) is 8.52. The summed E-state index contributed by atoms with van der Waals surface area (Å²) in [6.45, 7) is 19.3. The predicted octanol–water partition coefficient (Wildman–Crippen LogP) is 2.36. The van der Waals surface area contributed by atoms with Crippen LogP contribution < -0.4 is 10.6 Å². The van der Waals surface area contributed by atoms with Gasteiger partial charge in [0.15, 0.2) is 0 Å². The van der Waals surface area contributed by atoms with E-state index in [1.807, 2.05) is 0 Å². The van der Waals surface area contributed by atoms with Gasteiger partial charge in [-0.3, -0.25) is 9.80 Å². The maximum Gasteiger partial charge on any atom is 0.0591 e. The molecule has 1 heterocycles. The molecule has 5 heteroatoms. The Morgan fingerprint density at radius 1 is 0.857 bits per heavy atom. The number of ether oxygens (including phenoxy) is 1. The van der Waals surface area contributed by atoms with E-state index in [0.717, 1.165) is 58.9 Å². The van der Waals surface area contributed by atoms with Crippen LogP contribution in [0.4, 0.5) is 0 Å². The lowest BCUT2D eigenvalue weighted by atomic mass is 10.1. The Hall–Kier alpha value is -0.980. The Kier molecular flexibility index (Phi) is 11.1. The molecule has 0 aromatic heterocycles. The number of nitrogens with zero attached hydrogens (tertiary/aromatic N) is 2. The first kappa shape index (κ1) is 23.3. The fourth-order valence-corrected chi connectivity index (χ4v) is 3.54. The zero-order valence-corrected chi connectivity index (χ0v) is 18.5. The van der Waals surface area contributed by atoms with Gasteiger partial charge in [0.2, 0.25) is 0 Å². The maximum absolute atomic E-state index is 5.75. The lowest BCUT2D eigenvalue weighted by Gasteiger charge is -2.35. The lowest BCUT2D eigenvalue weighted by Crippen LogP contribution is -2.48. The lowest BCUT2D eigenvalue weighted by molar-refractivity contribution is 0.127. The smallest absolute Gasteiger partial charge is 0.0591 e. The summed E-state index contributed by atoms with van der Waals surface area (Å²) < 4.78 is 5.75. The van der Waals surface area contributed by atoms with Crippen molar-refractivity contribution in [2.24, 2.45) is 0 Å². The molecule has 1 aliphatic heterocycles. The van der Waals surface area contributed by atoms with E-state index in [0.29, 0.717) is 12.1 Å². The Bertz CT molecular complexity index is 527. The topological polar surface area (TPSA) is 39.8 Å². The molecule has 160 valence electrons. The molecular weight excluding hydrogens is 348 g/mol. The average Bonchev–Trinajstić information content (AvgIpc) is 2.66. The van der Waals surface area contributed by atoms with Gasteiger partial charge in [-0.05, 0) is 17.5 Å². The molecule has 1 fully saturated rings. The predicted molar refractivity (Wildman–Crippen MR) is 119 cm³/mol. The first-order valence-electron chi connectivity index (χ1n) is 11.1. The second-order valence-electron chi connectivity index (χ2n) is 8.52. The van der Waals surface area contributed by atoms with Crippen molar-refractivity contribution in [3.63, 3.8) is 0 Å². The monoisotopic (exact) mass is 390 g/mol. The van der Waals surface area contributed by atoms with Crippen LogP contribution in [-0.2, 0) is 17.7 Å². The van der Waals surface area contributed by atoms with Crippen LogP contribution in [0.15, 0.2) is 24.3 Å². The van der Waals surface area contributed by atoms with Crippen molar-refractivity contribution in [1.82, 2.24) is 20.4 Å². The molecule has 1 aromatic carbocycles. The van der Waals surface area contributed by atoms with Crippen LogP contribution in [0.3, 0.4) is 0 Å². The van der Waals surface area contributed by atoms with E-state index < -0.39 is 0 Å². The largest absolute Gasteiger partial charge is 0.380 e. The Balaban J connectivity index is 1.63. The number of rotatable bonds is 13. The van der Waals surface area contributed by atoms with E-state index >= 15 is 0 Å². The fourth-order valence-electron chi connectivity index (χ4n) is 3.54. The molecule has 0 amide bonds. The van der Waals surface area contributed by atoms with Gasteiger partial charge in [0.25, 0.3) is 0 Å². The van der Waals surface area contributed by atoms with Crippen molar-refractivity contribution in [3.8, 4) is 0 Å². The Labute approximate surface area is 172 Å². The van der Waals surface area contributed by atoms with Gasteiger partial charge < -0.3 is 15.4 Å². The fraction of sp³-hybridized carbons (Fsp3) is 0.739. The van der Waals surface area contributed by atoms with E-state index in [1.165, 1.54) is 24.2 Å². The van der Waals surface area contributed by atoms with Crippen LogP contribution in [-0.4, -0.2) is 80.9 Å². The molecule has 0 spiro atoms. The minimum atomic E-state index is 0.527. The van der Waals surface area contributed by atoms with Gasteiger partial charge >= 0.3 is 0 Å².